The molecule has 1 N–H and O–H groups in total. The topological polar surface area (TPSA) is 96.0 Å². The van der Waals surface area contributed by atoms with E-state index in [-0.39, 0.29) is 10.8 Å². The Hall–Kier alpha value is -3.69. The van der Waals surface area contributed by atoms with Gasteiger partial charge in [0.05, 0.1) is 35.0 Å². The Balaban J connectivity index is 1.62. The molecule has 1 aliphatic heterocycles. The van der Waals surface area contributed by atoms with E-state index in [9.17, 15) is 18.0 Å². The molecular formula is C27H29N3O5S. The smallest absolute Gasteiger partial charge is 0.264 e. The first-order chi connectivity index (χ1) is 17.3. The summed E-state index contributed by atoms with van der Waals surface area (Å²) < 4.78 is 33.6. The lowest BCUT2D eigenvalue weighted by Crippen LogP contribution is -2.41. The molecule has 1 heterocycles. The Kier molecular flexibility index (Phi) is 7.71. The van der Waals surface area contributed by atoms with Crippen LogP contribution in [0.25, 0.3) is 0 Å². The molecule has 0 aromatic heterocycles. The summed E-state index contributed by atoms with van der Waals surface area (Å²) >= 11 is 0. The van der Waals surface area contributed by atoms with E-state index in [0.717, 1.165) is 15.4 Å². The molecule has 9 heteroatoms. The van der Waals surface area contributed by atoms with E-state index in [0.29, 0.717) is 43.2 Å². The summed E-state index contributed by atoms with van der Waals surface area (Å²) in [7, 11) is -4.03. The summed E-state index contributed by atoms with van der Waals surface area (Å²) in [6.07, 6.45) is 0. The van der Waals surface area contributed by atoms with E-state index in [2.05, 4.69) is 5.32 Å². The first kappa shape index (κ1) is 25.4. The third-order valence-corrected chi connectivity index (χ3v) is 7.91. The van der Waals surface area contributed by atoms with Gasteiger partial charge in [-0.2, -0.15) is 0 Å². The number of nitrogens with one attached hydrogen (secondary N) is 1. The summed E-state index contributed by atoms with van der Waals surface area (Å²) in [5.41, 5.74) is 2.97. The van der Waals surface area contributed by atoms with Crippen molar-refractivity contribution in [2.24, 2.45) is 0 Å². The van der Waals surface area contributed by atoms with Crippen LogP contribution in [0.2, 0.25) is 0 Å². The van der Waals surface area contributed by atoms with E-state index in [1.165, 1.54) is 12.1 Å². The molecule has 0 unspecified atom stereocenters. The van der Waals surface area contributed by atoms with Crippen LogP contribution in [0.4, 0.5) is 11.4 Å². The van der Waals surface area contributed by atoms with E-state index in [4.69, 9.17) is 4.74 Å². The Morgan fingerprint density at radius 1 is 0.917 bits per heavy atom. The molecule has 0 aliphatic carbocycles. The third-order valence-electron chi connectivity index (χ3n) is 6.13. The molecule has 3 aromatic rings. The average molecular weight is 508 g/mol. The Morgan fingerprint density at radius 3 is 2.28 bits per heavy atom. The van der Waals surface area contributed by atoms with E-state index >= 15 is 0 Å². The highest BCUT2D eigenvalue weighted by Gasteiger charge is 2.28. The van der Waals surface area contributed by atoms with Gasteiger partial charge in [0.2, 0.25) is 5.91 Å². The zero-order valence-corrected chi connectivity index (χ0v) is 21.1. The van der Waals surface area contributed by atoms with Crippen molar-refractivity contribution >= 4 is 33.2 Å². The predicted molar refractivity (Wildman–Crippen MR) is 139 cm³/mol. The molecule has 2 amide bonds. The van der Waals surface area contributed by atoms with Crippen molar-refractivity contribution in [3.8, 4) is 0 Å². The zero-order chi connectivity index (χ0) is 25.7. The van der Waals surface area contributed by atoms with Gasteiger partial charge in [-0.05, 0) is 61.4 Å². The van der Waals surface area contributed by atoms with E-state index in [1.807, 2.05) is 19.9 Å². The van der Waals surface area contributed by atoms with Crippen molar-refractivity contribution in [3.63, 3.8) is 0 Å². The molecule has 0 bridgehead atoms. The Bertz CT molecular complexity index is 1350. The van der Waals surface area contributed by atoms with Crippen molar-refractivity contribution in [3.05, 3.63) is 89.5 Å². The average Bonchev–Trinajstić information content (AvgIpc) is 2.90. The molecule has 4 rings (SSSR count). The number of nitrogens with zero attached hydrogens (tertiary/aromatic N) is 2. The molecule has 1 fully saturated rings. The number of anilines is 2. The van der Waals surface area contributed by atoms with Gasteiger partial charge in [0.15, 0.2) is 0 Å². The van der Waals surface area contributed by atoms with Crippen LogP contribution in [0.3, 0.4) is 0 Å². The highest BCUT2D eigenvalue weighted by atomic mass is 32.2. The van der Waals surface area contributed by atoms with Crippen LogP contribution in [-0.2, 0) is 19.6 Å². The number of carbonyl (C=O) groups is 2. The first-order valence-electron chi connectivity index (χ1n) is 11.7. The largest absolute Gasteiger partial charge is 0.378 e. The predicted octanol–water partition coefficient (Wildman–Crippen LogP) is 3.61. The van der Waals surface area contributed by atoms with E-state index < -0.39 is 22.5 Å². The molecule has 188 valence electrons. The number of sulfonamides is 1. The van der Waals surface area contributed by atoms with Gasteiger partial charge in [-0.1, -0.05) is 36.4 Å². The molecule has 0 spiro atoms. The van der Waals surface area contributed by atoms with Gasteiger partial charge in [-0.3, -0.25) is 13.9 Å². The Labute approximate surface area is 211 Å². The molecule has 36 heavy (non-hydrogen) atoms. The Morgan fingerprint density at radius 2 is 1.58 bits per heavy atom. The molecule has 1 aliphatic rings. The summed E-state index contributed by atoms with van der Waals surface area (Å²) in [6, 6.07) is 20.0. The molecular weight excluding hydrogens is 478 g/mol. The first-order valence-corrected chi connectivity index (χ1v) is 13.1. The molecule has 1 saturated heterocycles. The van der Waals surface area contributed by atoms with E-state index in [1.54, 1.807) is 59.5 Å². The summed E-state index contributed by atoms with van der Waals surface area (Å²) in [5, 5.41) is 2.76. The number of para-hydroxylation sites is 1. The lowest BCUT2D eigenvalue weighted by atomic mass is 10.1. The number of hydrogen-bond donors (Lipinski definition) is 1. The van der Waals surface area contributed by atoms with Gasteiger partial charge in [0, 0.05) is 13.1 Å². The number of rotatable bonds is 7. The maximum absolute atomic E-state index is 13.6. The van der Waals surface area contributed by atoms with Gasteiger partial charge in [-0.25, -0.2) is 8.42 Å². The van der Waals surface area contributed by atoms with Crippen molar-refractivity contribution in [1.82, 2.24) is 4.90 Å². The normalized spacial score (nSPS) is 13.8. The highest BCUT2D eigenvalue weighted by Crippen LogP contribution is 2.26. The van der Waals surface area contributed by atoms with Crippen molar-refractivity contribution in [2.75, 3.05) is 42.5 Å². The minimum absolute atomic E-state index is 0.0823. The second-order valence-electron chi connectivity index (χ2n) is 8.59. The number of aryl methyl sites for hydroxylation is 2. The van der Waals surface area contributed by atoms with Gasteiger partial charge in [0.1, 0.15) is 6.54 Å². The highest BCUT2D eigenvalue weighted by molar-refractivity contribution is 7.92. The molecule has 3 aromatic carbocycles. The number of carbonyl (C=O) groups excluding carboxylic acids is 2. The van der Waals surface area contributed by atoms with Crippen molar-refractivity contribution in [1.29, 1.82) is 0 Å². The van der Waals surface area contributed by atoms with Crippen LogP contribution in [-0.4, -0.2) is 58.0 Å². The SMILES string of the molecule is Cc1ccc(N(CC(=O)Nc2ccccc2C(=O)N2CCOCC2)S(=O)(=O)c2ccccc2)cc1C. The van der Waals surface area contributed by atoms with Gasteiger partial charge in [-0.15, -0.1) is 0 Å². The van der Waals surface area contributed by atoms with Crippen LogP contribution in [0, 0.1) is 13.8 Å². The van der Waals surface area contributed by atoms with Crippen molar-refractivity contribution in [2.45, 2.75) is 18.7 Å². The van der Waals surface area contributed by atoms with Crippen LogP contribution >= 0.6 is 0 Å². The summed E-state index contributed by atoms with van der Waals surface area (Å²) in [4.78, 5) is 28.0. The minimum atomic E-state index is -4.03. The minimum Gasteiger partial charge on any atom is -0.378 e. The second kappa shape index (κ2) is 10.9. The van der Waals surface area contributed by atoms with Crippen LogP contribution in [0.15, 0.2) is 77.7 Å². The number of ether oxygens (including phenoxy) is 1. The third kappa shape index (κ3) is 5.58. The number of benzene rings is 3. The number of hydrogen-bond acceptors (Lipinski definition) is 5. The van der Waals surface area contributed by atoms with Gasteiger partial charge < -0.3 is 15.0 Å². The fourth-order valence-electron chi connectivity index (χ4n) is 3.95. The zero-order valence-electron chi connectivity index (χ0n) is 20.3. The van der Waals surface area contributed by atoms with Crippen LogP contribution < -0.4 is 9.62 Å². The quantitative estimate of drug-likeness (QED) is 0.527. The van der Waals surface area contributed by atoms with Crippen LogP contribution in [0.5, 0.6) is 0 Å². The molecule has 0 atom stereocenters. The number of amides is 2. The second-order valence-corrected chi connectivity index (χ2v) is 10.5. The fraction of sp³-hybridized carbons (Fsp3) is 0.259. The molecule has 0 saturated carbocycles. The van der Waals surface area contributed by atoms with Crippen molar-refractivity contribution < 1.29 is 22.7 Å². The van der Waals surface area contributed by atoms with Crippen LogP contribution in [0.1, 0.15) is 21.5 Å². The maximum Gasteiger partial charge on any atom is 0.264 e. The van der Waals surface area contributed by atoms with Gasteiger partial charge in [0.25, 0.3) is 15.9 Å². The fourth-order valence-corrected chi connectivity index (χ4v) is 5.38. The summed E-state index contributed by atoms with van der Waals surface area (Å²) in [5.74, 6) is -0.771. The summed E-state index contributed by atoms with van der Waals surface area (Å²) in [6.45, 7) is 5.23. The van der Waals surface area contributed by atoms with Gasteiger partial charge >= 0.3 is 0 Å². The lowest BCUT2D eigenvalue weighted by molar-refractivity contribution is -0.114. The molecule has 0 radical (unpaired) electrons. The standard InChI is InChI=1S/C27H29N3O5S/c1-20-12-13-22(18-21(20)2)30(36(33,34)23-8-4-3-5-9-23)19-26(31)28-25-11-7-6-10-24(25)27(32)29-14-16-35-17-15-29/h3-13,18H,14-17,19H2,1-2H3,(H,28,31). The number of morpholine rings is 1. The lowest BCUT2D eigenvalue weighted by Gasteiger charge is -2.28. The molecule has 8 nitrogen and oxygen atoms in total. The monoisotopic (exact) mass is 507 g/mol. The maximum atomic E-state index is 13.6.